The van der Waals surface area contributed by atoms with Crippen LogP contribution < -0.4 is 10.5 Å². The molecule has 2 aromatic carbocycles. The number of aryl methyl sites for hydroxylation is 1. The summed E-state index contributed by atoms with van der Waals surface area (Å²) in [7, 11) is 1.77. The van der Waals surface area contributed by atoms with Gasteiger partial charge in [-0.3, -0.25) is 4.79 Å². The van der Waals surface area contributed by atoms with Crippen molar-refractivity contribution in [2.24, 2.45) is 0 Å². The van der Waals surface area contributed by atoms with Crippen LogP contribution >= 0.6 is 11.6 Å². The molecule has 0 aliphatic rings. The molecule has 0 heterocycles. The van der Waals surface area contributed by atoms with E-state index >= 15 is 0 Å². The van der Waals surface area contributed by atoms with Crippen molar-refractivity contribution < 1.29 is 9.53 Å². The summed E-state index contributed by atoms with van der Waals surface area (Å²) in [6.07, 6.45) is 1.07. The smallest absolute Gasteiger partial charge is 0.222 e. The van der Waals surface area contributed by atoms with E-state index in [2.05, 4.69) is 0 Å². The third kappa shape index (κ3) is 5.18. The van der Waals surface area contributed by atoms with E-state index in [1.54, 1.807) is 18.0 Å². The lowest BCUT2D eigenvalue weighted by molar-refractivity contribution is -0.130. The van der Waals surface area contributed by atoms with Gasteiger partial charge >= 0.3 is 0 Å². The molecule has 0 fully saturated rings. The van der Waals surface area contributed by atoms with Gasteiger partial charge in [-0.05, 0) is 30.2 Å². The highest BCUT2D eigenvalue weighted by atomic mass is 35.5. The molecule has 0 bridgehead atoms. The lowest BCUT2D eigenvalue weighted by Gasteiger charge is -2.18. The molecule has 2 rings (SSSR count). The number of ether oxygens (including phenoxy) is 1. The summed E-state index contributed by atoms with van der Waals surface area (Å²) >= 11 is 6.02. The van der Waals surface area contributed by atoms with Crippen LogP contribution in [0.5, 0.6) is 5.75 Å². The molecule has 0 unspecified atom stereocenters. The number of likely N-dealkylation sites (N-methyl/N-ethyl adjacent to an activating group) is 1. The number of benzene rings is 2. The Labute approximate surface area is 141 Å². The minimum absolute atomic E-state index is 0.0658. The molecule has 2 aromatic rings. The van der Waals surface area contributed by atoms with Crippen molar-refractivity contribution >= 4 is 23.2 Å². The molecule has 2 N–H and O–H groups in total. The van der Waals surface area contributed by atoms with Crippen LogP contribution in [-0.2, 0) is 11.2 Å². The molecule has 0 spiro atoms. The van der Waals surface area contributed by atoms with Gasteiger partial charge in [-0.15, -0.1) is 0 Å². The molecule has 0 aromatic heterocycles. The number of halogens is 1. The van der Waals surface area contributed by atoms with Crippen molar-refractivity contribution in [3.8, 4) is 5.75 Å². The maximum atomic E-state index is 12.1. The highest BCUT2D eigenvalue weighted by Crippen LogP contribution is 2.22. The van der Waals surface area contributed by atoms with E-state index < -0.39 is 0 Å². The lowest BCUT2D eigenvalue weighted by Crippen LogP contribution is -2.31. The summed E-state index contributed by atoms with van der Waals surface area (Å²) in [5, 5.41) is 0.570. The Bertz CT molecular complexity index is 661. The van der Waals surface area contributed by atoms with Crippen LogP contribution in [-0.4, -0.2) is 31.0 Å². The van der Waals surface area contributed by atoms with Crippen LogP contribution in [0.2, 0.25) is 5.02 Å². The Hall–Kier alpha value is -2.20. The highest BCUT2D eigenvalue weighted by Gasteiger charge is 2.10. The molecule has 5 heteroatoms. The lowest BCUT2D eigenvalue weighted by atomic mass is 10.1. The van der Waals surface area contributed by atoms with Crippen LogP contribution in [0.25, 0.3) is 0 Å². The number of hydrogen-bond donors (Lipinski definition) is 1. The van der Waals surface area contributed by atoms with Gasteiger partial charge in [0.1, 0.15) is 12.4 Å². The summed E-state index contributed by atoms with van der Waals surface area (Å²) in [4.78, 5) is 13.8. The van der Waals surface area contributed by atoms with Crippen molar-refractivity contribution in [3.63, 3.8) is 0 Å². The standard InChI is InChI=1S/C18H21ClN2O2/c1-21(12-13-23-17-9-5-3-7-15(17)19)18(22)11-10-14-6-2-4-8-16(14)20/h2-9H,10-13,20H2,1H3. The minimum Gasteiger partial charge on any atom is -0.490 e. The van der Waals surface area contributed by atoms with E-state index in [0.717, 1.165) is 11.3 Å². The third-order valence-corrected chi connectivity index (χ3v) is 3.92. The first-order valence-electron chi connectivity index (χ1n) is 7.52. The zero-order valence-corrected chi connectivity index (χ0v) is 13.9. The van der Waals surface area contributed by atoms with E-state index in [9.17, 15) is 4.79 Å². The molecular weight excluding hydrogens is 312 g/mol. The molecule has 0 atom stereocenters. The first-order valence-corrected chi connectivity index (χ1v) is 7.90. The number of nitrogens with zero attached hydrogens (tertiary/aromatic N) is 1. The number of hydrogen-bond acceptors (Lipinski definition) is 3. The van der Waals surface area contributed by atoms with Crippen molar-refractivity contribution in [3.05, 3.63) is 59.1 Å². The van der Waals surface area contributed by atoms with Gasteiger partial charge in [0.25, 0.3) is 0 Å². The number of nitrogen functional groups attached to an aromatic ring is 1. The van der Waals surface area contributed by atoms with Crippen LogP contribution in [0, 0.1) is 0 Å². The fraction of sp³-hybridized carbons (Fsp3) is 0.278. The summed E-state index contributed by atoms with van der Waals surface area (Å²) in [6, 6.07) is 14.9. The SMILES string of the molecule is CN(CCOc1ccccc1Cl)C(=O)CCc1ccccc1N. The van der Waals surface area contributed by atoms with Gasteiger partial charge in [0.15, 0.2) is 0 Å². The molecule has 0 saturated heterocycles. The molecule has 4 nitrogen and oxygen atoms in total. The molecule has 0 aliphatic carbocycles. The quantitative estimate of drug-likeness (QED) is 0.791. The second-order valence-electron chi connectivity index (χ2n) is 5.29. The summed E-state index contributed by atoms with van der Waals surface area (Å²) in [5.41, 5.74) is 7.61. The van der Waals surface area contributed by atoms with Gasteiger partial charge in [-0.25, -0.2) is 0 Å². The van der Waals surface area contributed by atoms with E-state index in [4.69, 9.17) is 22.1 Å². The molecular formula is C18H21ClN2O2. The zero-order chi connectivity index (χ0) is 16.7. The Morgan fingerprint density at radius 2 is 1.87 bits per heavy atom. The maximum Gasteiger partial charge on any atom is 0.222 e. The first-order chi connectivity index (χ1) is 11.1. The fourth-order valence-corrected chi connectivity index (χ4v) is 2.36. The monoisotopic (exact) mass is 332 g/mol. The average Bonchev–Trinajstić information content (AvgIpc) is 2.55. The summed E-state index contributed by atoms with van der Waals surface area (Å²) < 4.78 is 5.59. The molecule has 0 saturated carbocycles. The number of nitrogens with two attached hydrogens (primary N) is 1. The van der Waals surface area contributed by atoms with Gasteiger partial charge < -0.3 is 15.4 Å². The normalized spacial score (nSPS) is 10.3. The van der Waals surface area contributed by atoms with Crippen LogP contribution in [0.3, 0.4) is 0 Å². The first kappa shape index (κ1) is 17.2. The third-order valence-electron chi connectivity index (χ3n) is 3.61. The van der Waals surface area contributed by atoms with E-state index in [1.807, 2.05) is 42.5 Å². The second kappa shape index (κ2) is 8.44. The number of amides is 1. The molecule has 122 valence electrons. The summed E-state index contributed by atoms with van der Waals surface area (Å²) in [6.45, 7) is 0.910. The molecule has 1 amide bonds. The zero-order valence-electron chi connectivity index (χ0n) is 13.2. The van der Waals surface area contributed by atoms with Crippen molar-refractivity contribution in [1.29, 1.82) is 0 Å². The molecule has 0 radical (unpaired) electrons. The van der Waals surface area contributed by atoms with Gasteiger partial charge in [-0.1, -0.05) is 41.9 Å². The highest BCUT2D eigenvalue weighted by molar-refractivity contribution is 6.32. The number of rotatable bonds is 7. The van der Waals surface area contributed by atoms with Gasteiger partial charge in [0.05, 0.1) is 11.6 Å². The van der Waals surface area contributed by atoms with Gasteiger partial charge in [-0.2, -0.15) is 0 Å². The summed E-state index contributed by atoms with van der Waals surface area (Å²) in [5.74, 6) is 0.697. The number of para-hydroxylation sites is 2. The minimum atomic E-state index is 0.0658. The van der Waals surface area contributed by atoms with Crippen LogP contribution in [0.15, 0.2) is 48.5 Å². The topological polar surface area (TPSA) is 55.6 Å². The van der Waals surface area contributed by atoms with Crippen molar-refractivity contribution in [2.75, 3.05) is 25.9 Å². The largest absolute Gasteiger partial charge is 0.490 e. The van der Waals surface area contributed by atoms with Gasteiger partial charge in [0.2, 0.25) is 5.91 Å². The number of carbonyl (C=O) groups excluding carboxylic acids is 1. The van der Waals surface area contributed by atoms with E-state index in [-0.39, 0.29) is 5.91 Å². The van der Waals surface area contributed by atoms with Crippen molar-refractivity contribution in [2.45, 2.75) is 12.8 Å². The number of anilines is 1. The van der Waals surface area contributed by atoms with E-state index in [0.29, 0.717) is 36.8 Å². The predicted molar refractivity (Wildman–Crippen MR) is 93.8 cm³/mol. The van der Waals surface area contributed by atoms with Crippen molar-refractivity contribution in [1.82, 2.24) is 4.90 Å². The Balaban J connectivity index is 1.75. The number of carbonyl (C=O) groups is 1. The van der Waals surface area contributed by atoms with Crippen LogP contribution in [0.1, 0.15) is 12.0 Å². The van der Waals surface area contributed by atoms with Crippen LogP contribution in [0.4, 0.5) is 5.69 Å². The Morgan fingerprint density at radius 3 is 2.61 bits per heavy atom. The second-order valence-corrected chi connectivity index (χ2v) is 5.70. The molecule has 23 heavy (non-hydrogen) atoms. The van der Waals surface area contributed by atoms with E-state index in [1.165, 1.54) is 0 Å². The fourth-order valence-electron chi connectivity index (χ4n) is 2.17. The predicted octanol–water partition coefficient (Wildman–Crippen LogP) is 3.39. The molecule has 0 aliphatic heterocycles. The Kier molecular flexibility index (Phi) is 6.29. The average molecular weight is 333 g/mol. The maximum absolute atomic E-state index is 12.1. The van der Waals surface area contributed by atoms with Gasteiger partial charge in [0, 0.05) is 19.2 Å². The Morgan fingerprint density at radius 1 is 1.17 bits per heavy atom.